The van der Waals surface area contributed by atoms with E-state index >= 15 is 0 Å². The lowest BCUT2D eigenvalue weighted by molar-refractivity contribution is -0.122. The average molecular weight is 417 g/mol. The molecule has 0 saturated heterocycles. The molecule has 1 unspecified atom stereocenters. The highest BCUT2D eigenvalue weighted by Crippen LogP contribution is 2.29. The first kappa shape index (κ1) is 19.6. The monoisotopic (exact) mass is 417 g/mol. The van der Waals surface area contributed by atoms with Gasteiger partial charge in [0.15, 0.2) is 11.2 Å². The van der Waals surface area contributed by atoms with Crippen molar-refractivity contribution in [3.05, 3.63) is 84.4 Å². The maximum atomic E-state index is 12.5. The van der Waals surface area contributed by atoms with Crippen LogP contribution >= 0.6 is 11.3 Å². The fourth-order valence-corrected chi connectivity index (χ4v) is 3.72. The normalized spacial score (nSPS) is 11.6. The number of fused-ring (bicyclic) bond motifs is 1. The second-order valence-electron chi connectivity index (χ2n) is 6.58. The van der Waals surface area contributed by atoms with Crippen LogP contribution in [0.5, 0.6) is 5.75 Å². The quantitative estimate of drug-likeness (QED) is 0.465. The molecule has 0 saturated carbocycles. The van der Waals surface area contributed by atoms with Crippen molar-refractivity contribution in [3.8, 4) is 5.75 Å². The van der Waals surface area contributed by atoms with Crippen molar-refractivity contribution in [1.82, 2.24) is 4.98 Å². The molecule has 0 aliphatic rings. The molecule has 1 aromatic heterocycles. The maximum absolute atomic E-state index is 12.5. The highest BCUT2D eigenvalue weighted by Gasteiger charge is 2.16. The highest BCUT2D eigenvalue weighted by atomic mass is 32.1. The number of carbonyl (C=O) groups excluding carboxylic acids is 2. The lowest BCUT2D eigenvalue weighted by atomic mass is 10.2. The molecule has 0 aliphatic heterocycles. The van der Waals surface area contributed by atoms with Gasteiger partial charge in [-0.3, -0.25) is 14.9 Å². The van der Waals surface area contributed by atoms with E-state index in [1.165, 1.54) is 11.3 Å². The average Bonchev–Trinajstić information content (AvgIpc) is 3.16. The first-order chi connectivity index (χ1) is 14.6. The Morgan fingerprint density at radius 3 is 2.37 bits per heavy atom. The van der Waals surface area contributed by atoms with Crippen LogP contribution in [-0.4, -0.2) is 22.9 Å². The van der Waals surface area contributed by atoms with E-state index in [2.05, 4.69) is 15.6 Å². The summed E-state index contributed by atoms with van der Waals surface area (Å²) in [5.74, 6) is 0.173. The van der Waals surface area contributed by atoms with E-state index in [1.807, 2.05) is 48.5 Å². The zero-order valence-corrected chi connectivity index (χ0v) is 17.0. The molecule has 1 atom stereocenters. The number of rotatable bonds is 6. The summed E-state index contributed by atoms with van der Waals surface area (Å²) in [6.45, 7) is 1.70. The second-order valence-corrected chi connectivity index (χ2v) is 7.61. The summed E-state index contributed by atoms with van der Waals surface area (Å²) in [5, 5.41) is 6.17. The molecule has 3 aromatic carbocycles. The van der Waals surface area contributed by atoms with Crippen LogP contribution in [0.2, 0.25) is 0 Å². The largest absolute Gasteiger partial charge is 0.481 e. The number of thiazole rings is 1. The van der Waals surface area contributed by atoms with Crippen molar-refractivity contribution >= 4 is 44.2 Å². The number of amides is 2. The molecule has 4 aromatic rings. The number of aromatic nitrogens is 1. The second kappa shape index (κ2) is 8.75. The van der Waals surface area contributed by atoms with E-state index in [-0.39, 0.29) is 11.8 Å². The number of hydrogen-bond donors (Lipinski definition) is 2. The Bertz CT molecular complexity index is 1180. The molecular formula is C23H19N3O3S. The molecule has 0 bridgehead atoms. The van der Waals surface area contributed by atoms with Crippen LogP contribution in [0.4, 0.5) is 10.8 Å². The Morgan fingerprint density at radius 1 is 0.933 bits per heavy atom. The Labute approximate surface area is 177 Å². The molecule has 7 heteroatoms. The molecule has 150 valence electrons. The Hall–Kier alpha value is -3.71. The number of anilines is 2. The predicted octanol–water partition coefficient (Wildman–Crippen LogP) is 4.95. The smallest absolute Gasteiger partial charge is 0.265 e. The molecule has 0 aliphatic carbocycles. The van der Waals surface area contributed by atoms with Gasteiger partial charge in [0, 0.05) is 11.3 Å². The number of hydrogen-bond acceptors (Lipinski definition) is 5. The topological polar surface area (TPSA) is 80.3 Å². The van der Waals surface area contributed by atoms with Gasteiger partial charge in [0.2, 0.25) is 0 Å². The van der Waals surface area contributed by atoms with E-state index in [0.717, 1.165) is 10.2 Å². The van der Waals surface area contributed by atoms with Crippen LogP contribution in [0.3, 0.4) is 0 Å². The number of ether oxygens (including phenoxy) is 1. The Morgan fingerprint density at radius 2 is 1.63 bits per heavy atom. The Kier molecular flexibility index (Phi) is 5.72. The molecular weight excluding hydrogens is 398 g/mol. The number of nitrogens with zero attached hydrogens (tertiary/aromatic N) is 1. The first-order valence-electron chi connectivity index (χ1n) is 9.38. The van der Waals surface area contributed by atoms with Crippen LogP contribution in [-0.2, 0) is 4.79 Å². The van der Waals surface area contributed by atoms with Crippen molar-refractivity contribution in [2.75, 3.05) is 10.6 Å². The number of nitrogens with one attached hydrogen (secondary N) is 2. The summed E-state index contributed by atoms with van der Waals surface area (Å²) < 4.78 is 6.51. The van der Waals surface area contributed by atoms with Crippen molar-refractivity contribution in [3.63, 3.8) is 0 Å². The third kappa shape index (κ3) is 4.64. The summed E-state index contributed by atoms with van der Waals surface area (Å²) in [6.07, 6.45) is -0.648. The molecule has 6 nitrogen and oxygen atoms in total. The molecule has 2 amide bonds. The van der Waals surface area contributed by atoms with E-state index < -0.39 is 6.10 Å². The summed E-state index contributed by atoms with van der Waals surface area (Å²) in [4.78, 5) is 29.2. The molecule has 4 rings (SSSR count). The van der Waals surface area contributed by atoms with Gasteiger partial charge < -0.3 is 10.1 Å². The van der Waals surface area contributed by atoms with Gasteiger partial charge in [-0.25, -0.2) is 4.98 Å². The van der Waals surface area contributed by atoms with Gasteiger partial charge in [-0.2, -0.15) is 0 Å². The fraction of sp³-hybridized carbons (Fsp3) is 0.0870. The minimum atomic E-state index is -0.648. The highest BCUT2D eigenvalue weighted by molar-refractivity contribution is 7.22. The van der Waals surface area contributed by atoms with Gasteiger partial charge in [-0.1, -0.05) is 47.7 Å². The SMILES string of the molecule is CC(Oc1ccccc1)C(=O)Nc1ccc2nc(NC(=O)c3ccccc3)sc2c1. The lowest BCUT2D eigenvalue weighted by Crippen LogP contribution is -2.30. The van der Waals surface area contributed by atoms with Gasteiger partial charge >= 0.3 is 0 Å². The maximum Gasteiger partial charge on any atom is 0.265 e. The van der Waals surface area contributed by atoms with Crippen molar-refractivity contribution in [2.24, 2.45) is 0 Å². The zero-order valence-electron chi connectivity index (χ0n) is 16.2. The van der Waals surface area contributed by atoms with E-state index in [9.17, 15) is 9.59 Å². The Balaban J connectivity index is 1.43. The molecule has 0 radical (unpaired) electrons. The van der Waals surface area contributed by atoms with E-state index in [1.54, 1.807) is 37.3 Å². The third-order valence-corrected chi connectivity index (χ3v) is 5.27. The van der Waals surface area contributed by atoms with Gasteiger partial charge in [0.1, 0.15) is 5.75 Å². The van der Waals surface area contributed by atoms with Crippen LogP contribution in [0.25, 0.3) is 10.2 Å². The molecule has 1 heterocycles. The van der Waals surface area contributed by atoms with Crippen molar-refractivity contribution in [2.45, 2.75) is 13.0 Å². The zero-order chi connectivity index (χ0) is 20.9. The number of benzene rings is 3. The summed E-state index contributed by atoms with van der Waals surface area (Å²) >= 11 is 1.35. The van der Waals surface area contributed by atoms with E-state index in [0.29, 0.717) is 22.1 Å². The third-order valence-electron chi connectivity index (χ3n) is 4.34. The summed E-state index contributed by atoms with van der Waals surface area (Å²) in [7, 11) is 0. The van der Waals surface area contributed by atoms with Gasteiger partial charge in [-0.05, 0) is 49.4 Å². The number of para-hydroxylation sites is 1. The van der Waals surface area contributed by atoms with Crippen LogP contribution in [0.15, 0.2) is 78.9 Å². The van der Waals surface area contributed by atoms with Gasteiger partial charge in [-0.15, -0.1) is 0 Å². The minimum Gasteiger partial charge on any atom is -0.481 e. The predicted molar refractivity (Wildman–Crippen MR) is 119 cm³/mol. The fourth-order valence-electron chi connectivity index (χ4n) is 2.82. The van der Waals surface area contributed by atoms with Crippen molar-refractivity contribution in [1.29, 1.82) is 0 Å². The van der Waals surface area contributed by atoms with Crippen LogP contribution in [0.1, 0.15) is 17.3 Å². The molecule has 0 spiro atoms. The first-order valence-corrected chi connectivity index (χ1v) is 10.2. The van der Waals surface area contributed by atoms with Crippen LogP contribution in [0, 0.1) is 0 Å². The van der Waals surface area contributed by atoms with Crippen LogP contribution < -0.4 is 15.4 Å². The van der Waals surface area contributed by atoms with Gasteiger partial charge in [0.25, 0.3) is 11.8 Å². The summed E-state index contributed by atoms with van der Waals surface area (Å²) in [6, 6.07) is 23.6. The summed E-state index contributed by atoms with van der Waals surface area (Å²) in [5.41, 5.74) is 1.95. The number of carbonyl (C=O) groups is 2. The van der Waals surface area contributed by atoms with Crippen molar-refractivity contribution < 1.29 is 14.3 Å². The minimum absolute atomic E-state index is 0.213. The van der Waals surface area contributed by atoms with Gasteiger partial charge in [0.05, 0.1) is 10.2 Å². The standard InChI is InChI=1S/C23H19N3O3S/c1-15(29-18-10-6-3-7-11-18)21(27)24-17-12-13-19-20(14-17)30-23(25-19)26-22(28)16-8-4-2-5-9-16/h2-15H,1H3,(H,24,27)(H,25,26,28). The lowest BCUT2D eigenvalue weighted by Gasteiger charge is -2.14. The molecule has 30 heavy (non-hydrogen) atoms. The molecule has 0 fully saturated rings. The molecule has 2 N–H and O–H groups in total. The van der Waals surface area contributed by atoms with E-state index in [4.69, 9.17) is 4.74 Å².